The zero-order valence-corrected chi connectivity index (χ0v) is 16.6. The molecule has 0 bridgehead atoms. The Morgan fingerprint density at radius 3 is 1.62 bits per heavy atom. The van der Waals surface area contributed by atoms with Crippen LogP contribution in [0.5, 0.6) is 0 Å². The molecule has 0 amide bonds. The summed E-state index contributed by atoms with van der Waals surface area (Å²) in [6.07, 6.45) is 18.3. The summed E-state index contributed by atoms with van der Waals surface area (Å²) in [6, 6.07) is 10.1. The summed E-state index contributed by atoms with van der Waals surface area (Å²) in [5.41, 5.74) is 2.28. The van der Waals surface area contributed by atoms with Crippen LogP contribution < -0.4 is 0 Å². The molecule has 0 aromatic heterocycles. The Morgan fingerprint density at radius 1 is 0.792 bits per heavy atom. The summed E-state index contributed by atoms with van der Waals surface area (Å²) >= 11 is 0. The second-order valence-corrected chi connectivity index (χ2v) is 6.76. The molecule has 1 aliphatic heterocycles. The van der Waals surface area contributed by atoms with E-state index >= 15 is 0 Å². The van der Waals surface area contributed by atoms with Crippen LogP contribution in [-0.2, 0) is 26.5 Å². The van der Waals surface area contributed by atoms with E-state index in [-0.39, 0.29) is 27.6 Å². The molecule has 0 spiro atoms. The molecular weight excluding hydrogens is 328 g/mol. The Bertz CT molecular complexity index is 407. The van der Waals surface area contributed by atoms with Crippen LogP contribution in [0.15, 0.2) is 35.9 Å². The van der Waals surface area contributed by atoms with Crippen LogP contribution >= 0.6 is 0 Å². The first-order valence-corrected chi connectivity index (χ1v) is 9.45. The summed E-state index contributed by atoms with van der Waals surface area (Å²) in [5, 5.41) is 0. The molecule has 1 unspecified atom stereocenters. The van der Waals surface area contributed by atoms with Crippen molar-refractivity contribution in [3.05, 3.63) is 54.5 Å². The van der Waals surface area contributed by atoms with Crippen LogP contribution in [0.1, 0.15) is 69.8 Å². The van der Waals surface area contributed by atoms with Crippen molar-refractivity contribution < 1.29 is 26.5 Å². The number of hydrogen-bond acceptors (Lipinski definition) is 1. The zero-order chi connectivity index (χ0) is 16.2. The Kier molecular flexibility index (Phi) is 12.5. The van der Waals surface area contributed by atoms with E-state index in [1.807, 2.05) is 30.3 Å². The minimum Gasteiger partial charge on any atom is -0.380 e. The molecule has 3 aliphatic rings. The summed E-state index contributed by atoms with van der Waals surface area (Å²) in [5.74, 6) is 0.278. The largest absolute Gasteiger partial charge is 2.00 e. The summed E-state index contributed by atoms with van der Waals surface area (Å²) < 4.78 is 5.28. The molecule has 1 nitrogen and oxygen atoms in total. The first-order valence-electron chi connectivity index (χ1n) is 9.45. The number of rotatable bonds is 1. The third-order valence-corrected chi connectivity index (χ3v) is 4.65. The molecule has 24 heavy (non-hydrogen) atoms. The molecular formula is C22H32OTi. The number of hydrogen-bond donors (Lipinski definition) is 0. The van der Waals surface area contributed by atoms with E-state index in [9.17, 15) is 0 Å². The molecule has 1 saturated heterocycles. The maximum Gasteiger partial charge on any atom is 2.00 e. The molecule has 1 aromatic carbocycles. The van der Waals surface area contributed by atoms with Crippen molar-refractivity contribution >= 4 is 0 Å². The standard InChI is InChI=1S/C12H12O.2C5H10.Ti/c1-10-8-13-9-12(10)7-11-5-3-2-4-6-11;2*1-2-4-5-3-1;/h2-6,10H,1,8-9H2;2*1-5H2;/q-2;;;+2. The Labute approximate surface area is 164 Å². The van der Waals surface area contributed by atoms with E-state index in [0.717, 1.165) is 12.2 Å². The van der Waals surface area contributed by atoms with E-state index in [1.54, 1.807) is 0 Å². The van der Waals surface area contributed by atoms with Gasteiger partial charge in [0.05, 0.1) is 6.61 Å². The Balaban J connectivity index is 0.000000216. The smallest absolute Gasteiger partial charge is 0.380 e. The SMILES string of the molecule is C1CCCC1.C1CCCC1.[CH2-]C1COCC1=[C-]c1ccccc1.[Ti+2]. The Morgan fingerprint density at radius 2 is 1.25 bits per heavy atom. The van der Waals surface area contributed by atoms with Crippen molar-refractivity contribution in [2.75, 3.05) is 13.2 Å². The Hall–Kier alpha value is -0.366. The number of benzene rings is 1. The fourth-order valence-electron chi connectivity index (χ4n) is 3.14. The first-order chi connectivity index (χ1) is 11.4. The molecule has 3 fully saturated rings. The van der Waals surface area contributed by atoms with Crippen LogP contribution in [0, 0.1) is 18.9 Å². The van der Waals surface area contributed by atoms with Gasteiger partial charge in [-0.2, -0.15) is 23.8 Å². The van der Waals surface area contributed by atoms with Crippen molar-refractivity contribution in [3.63, 3.8) is 0 Å². The van der Waals surface area contributed by atoms with Gasteiger partial charge in [-0.1, -0.05) is 70.3 Å². The molecule has 130 valence electrons. The van der Waals surface area contributed by atoms with Crippen LogP contribution in [-0.4, -0.2) is 13.2 Å². The maximum absolute atomic E-state index is 5.28. The molecule has 4 rings (SSSR count). The van der Waals surface area contributed by atoms with Crippen molar-refractivity contribution in [1.29, 1.82) is 0 Å². The van der Waals surface area contributed by atoms with Crippen molar-refractivity contribution in [2.45, 2.75) is 64.2 Å². The van der Waals surface area contributed by atoms with E-state index in [4.69, 9.17) is 4.74 Å². The fourth-order valence-corrected chi connectivity index (χ4v) is 3.14. The minimum atomic E-state index is 0. The third kappa shape index (κ3) is 9.20. The predicted octanol–water partition coefficient (Wildman–Crippen LogP) is 6.14. The van der Waals surface area contributed by atoms with Crippen molar-refractivity contribution in [2.24, 2.45) is 5.92 Å². The van der Waals surface area contributed by atoms with Gasteiger partial charge >= 0.3 is 21.7 Å². The molecule has 0 N–H and O–H groups in total. The van der Waals surface area contributed by atoms with E-state index in [0.29, 0.717) is 6.61 Å². The molecule has 2 heteroatoms. The van der Waals surface area contributed by atoms with Crippen LogP contribution in [0.3, 0.4) is 0 Å². The van der Waals surface area contributed by atoms with Gasteiger partial charge in [-0.3, -0.25) is 0 Å². The molecule has 2 aliphatic carbocycles. The van der Waals surface area contributed by atoms with Crippen LogP contribution in [0.4, 0.5) is 0 Å². The van der Waals surface area contributed by atoms with Gasteiger partial charge in [0.1, 0.15) is 0 Å². The molecule has 1 aromatic rings. The van der Waals surface area contributed by atoms with Gasteiger partial charge < -0.3 is 11.7 Å². The summed E-state index contributed by atoms with van der Waals surface area (Å²) in [4.78, 5) is 0. The third-order valence-electron chi connectivity index (χ3n) is 4.65. The van der Waals surface area contributed by atoms with Gasteiger partial charge in [0.25, 0.3) is 0 Å². The zero-order valence-electron chi connectivity index (χ0n) is 15.1. The summed E-state index contributed by atoms with van der Waals surface area (Å²) in [6.45, 7) is 5.41. The van der Waals surface area contributed by atoms with Gasteiger partial charge in [0.15, 0.2) is 0 Å². The van der Waals surface area contributed by atoms with E-state index < -0.39 is 0 Å². The summed E-state index contributed by atoms with van der Waals surface area (Å²) in [7, 11) is 0. The van der Waals surface area contributed by atoms with Gasteiger partial charge in [0, 0.05) is 6.61 Å². The maximum atomic E-state index is 5.28. The van der Waals surface area contributed by atoms with Gasteiger partial charge in [-0.15, -0.1) is 23.6 Å². The molecule has 1 atom stereocenters. The monoisotopic (exact) mass is 360 g/mol. The quantitative estimate of drug-likeness (QED) is 0.431. The minimum absolute atomic E-state index is 0. The van der Waals surface area contributed by atoms with Crippen molar-refractivity contribution in [1.82, 2.24) is 0 Å². The van der Waals surface area contributed by atoms with Gasteiger partial charge in [-0.05, 0) is 0 Å². The topological polar surface area (TPSA) is 9.23 Å². The van der Waals surface area contributed by atoms with Gasteiger partial charge in [-0.25, -0.2) is 0 Å². The van der Waals surface area contributed by atoms with Crippen LogP contribution in [0.2, 0.25) is 0 Å². The first kappa shape index (κ1) is 21.7. The van der Waals surface area contributed by atoms with Gasteiger partial charge in [0.2, 0.25) is 0 Å². The second kappa shape index (κ2) is 13.9. The average Bonchev–Trinajstić information content (AvgIpc) is 3.36. The van der Waals surface area contributed by atoms with E-state index in [1.165, 1.54) is 69.8 Å². The second-order valence-electron chi connectivity index (χ2n) is 6.76. The fraction of sp³-hybridized carbons (Fsp3) is 0.591. The normalized spacial score (nSPS) is 23.7. The molecule has 0 radical (unpaired) electrons. The van der Waals surface area contributed by atoms with Crippen molar-refractivity contribution in [3.8, 4) is 0 Å². The average molecular weight is 360 g/mol. The van der Waals surface area contributed by atoms with Crippen LogP contribution in [0.25, 0.3) is 0 Å². The predicted molar refractivity (Wildman–Crippen MR) is 98.1 cm³/mol. The molecule has 1 heterocycles. The molecule has 2 saturated carbocycles. The number of ether oxygens (including phenoxy) is 1. The van der Waals surface area contributed by atoms with E-state index in [2.05, 4.69) is 13.0 Å².